The van der Waals surface area contributed by atoms with Crippen molar-refractivity contribution in [1.82, 2.24) is 60.0 Å². The molecule has 0 unspecified atom stereocenters. The summed E-state index contributed by atoms with van der Waals surface area (Å²) in [7, 11) is 12.8. The van der Waals surface area contributed by atoms with Crippen molar-refractivity contribution in [1.29, 1.82) is 0 Å². The molecule has 5 aliphatic rings. The Morgan fingerprint density at radius 1 is 0.602 bits per heavy atom. The molecule has 3 N–H and O–H groups in total. The molecule has 2 heterocycles. The minimum atomic E-state index is -4.79. The molecule has 2 aromatic carbocycles. The lowest BCUT2D eigenvalue weighted by atomic mass is 9.81. The molecule has 25 nitrogen and oxygen atoms in total. The average Bonchev–Trinajstić information content (AvgIpc) is 1.45. The molecule has 3 saturated carbocycles. The van der Waals surface area contributed by atoms with Crippen molar-refractivity contribution in [3.05, 3.63) is 64.2 Å². The summed E-state index contributed by atoms with van der Waals surface area (Å²) in [6.07, 6.45) is 5.75. The number of nitrogens with one attached hydrogen (secondary N) is 3. The van der Waals surface area contributed by atoms with E-state index in [1.165, 1.54) is 89.2 Å². The van der Waals surface area contributed by atoms with Crippen molar-refractivity contribution < 1.29 is 75.4 Å². The Labute approximate surface area is 640 Å². The summed E-state index contributed by atoms with van der Waals surface area (Å²) in [6, 6.07) is 0.635. The van der Waals surface area contributed by atoms with Gasteiger partial charge in [0.1, 0.15) is 53.6 Å². The number of likely N-dealkylation sites (N-methyl/N-ethyl adjacent to an activating group) is 8. The van der Waals surface area contributed by atoms with Crippen molar-refractivity contribution in [3.63, 3.8) is 0 Å². The van der Waals surface area contributed by atoms with E-state index in [9.17, 15) is 37.1 Å². The highest BCUT2D eigenvalue weighted by atomic mass is 35.5. The Morgan fingerprint density at radius 3 is 1.76 bits per heavy atom. The third kappa shape index (κ3) is 22.6. The van der Waals surface area contributed by atoms with Gasteiger partial charge < -0.3 is 64.8 Å². The summed E-state index contributed by atoms with van der Waals surface area (Å²) in [5.74, 6) is -8.76. The first-order valence-electron chi connectivity index (χ1n) is 38.8. The molecular weight excluding hydrogens is 1420 g/mol. The van der Waals surface area contributed by atoms with E-state index in [0.717, 1.165) is 89.5 Å². The molecule has 5 fully saturated rings. The molecule has 0 aromatic heterocycles. The van der Waals surface area contributed by atoms with E-state index < -0.39 is 173 Å². The first kappa shape index (κ1) is 87.2. The van der Waals surface area contributed by atoms with Crippen LogP contribution in [0.1, 0.15) is 186 Å². The summed E-state index contributed by atoms with van der Waals surface area (Å²) < 4.78 is 47.5. The molecule has 7 rings (SSSR count). The number of hydrogen-bond donors (Lipinski definition) is 3. The minimum absolute atomic E-state index is 0.00515. The first-order valence-corrected chi connectivity index (χ1v) is 39.1. The number of nitrogens with zero attached hydrogens (tertiary/aromatic N) is 9. The molecule has 108 heavy (non-hydrogen) atoms. The van der Waals surface area contributed by atoms with Gasteiger partial charge in [0, 0.05) is 75.9 Å². The van der Waals surface area contributed by atoms with E-state index in [1.54, 1.807) is 36.1 Å². The SMILES string of the molecule is CC[C@H](C)[C@@H]1NC(=O)[C@H](CC(C)C)N(C)C(=O)C[C@@H](C(=O)N2CCCCC2)N(C)C(=O)[C@H](C2CCCCC2)N(C)C(=O)C2(CCCC2)NC(=O)[C@H](Cc2ccc(OC)cc2)N(C)C(=O)[C@H](CCc2ccc(C(F)(F)F)c(Cl)c2)NC(=O)CN(C)C(=O)[C@H](CC2CCCCC2)N(C)C(=O)CN(C)C(=O)CN(C)C1=O. The predicted molar refractivity (Wildman–Crippen MR) is 402 cm³/mol. The van der Waals surface area contributed by atoms with Crippen LogP contribution in [0.25, 0.3) is 0 Å². The van der Waals surface area contributed by atoms with Crippen LogP contribution in [0, 0.1) is 23.7 Å². The Balaban J connectivity index is 1.35. The van der Waals surface area contributed by atoms with Crippen LogP contribution < -0.4 is 20.7 Å². The standard InChI is InChI=1S/C79H118ClF3N12O13/c1-14-51(4)68-75(105)89(7)48-66(98)87(5)49-67(99)91(9)62(45-52-26-18-15-19-27-52)73(103)88(6)47-64(96)84-59(37-33-53-32-36-57(58(80)43-53)79(81,82)83)72(102)92(10)61(44-54-30-34-56(108-13)35-31-54)71(101)86-78(38-22-23-39-78)77(107)94(12)69(55-28-20-16-21-29-55)76(106)93(11)63(74(104)95-40-24-17-25-41-95)46-65(97)90(8)60(42-50(2)3)70(100)85-68/h30-32,34-36,43,50-52,55,59-63,68-69H,14-29,33,37-42,44-49H2,1-13H3,(H,84,96)(H,85,100)(H,86,101)/t51-,59-,60-,61-,62-,63-,68-,69-/m0/s1. The van der Waals surface area contributed by atoms with Gasteiger partial charge in [-0.25, -0.2) is 0 Å². The second kappa shape index (κ2) is 39.5. The lowest BCUT2D eigenvalue weighted by Crippen LogP contribution is -2.66. The number of alkyl halides is 3. The van der Waals surface area contributed by atoms with Crippen LogP contribution in [0.15, 0.2) is 42.5 Å². The highest BCUT2D eigenvalue weighted by Crippen LogP contribution is 2.38. The Morgan fingerprint density at radius 2 is 1.18 bits per heavy atom. The molecule has 600 valence electrons. The number of ether oxygens (including phenoxy) is 1. The van der Waals surface area contributed by atoms with E-state index in [2.05, 4.69) is 16.0 Å². The Kier molecular flexibility index (Phi) is 31.9. The van der Waals surface area contributed by atoms with Crippen molar-refractivity contribution >= 4 is 82.5 Å². The van der Waals surface area contributed by atoms with Gasteiger partial charge in [0.25, 0.3) is 0 Å². The van der Waals surface area contributed by atoms with Crippen molar-refractivity contribution in [2.45, 2.75) is 236 Å². The fraction of sp³-hybridized carbons (Fsp3) is 0.696. The van der Waals surface area contributed by atoms with Crippen LogP contribution in [0.2, 0.25) is 5.02 Å². The summed E-state index contributed by atoms with van der Waals surface area (Å²) >= 11 is 6.22. The lowest BCUT2D eigenvalue weighted by molar-refractivity contribution is -0.157. The fourth-order valence-electron chi connectivity index (χ4n) is 16.1. The summed E-state index contributed by atoms with van der Waals surface area (Å²) in [5.41, 5.74) is -1.96. The van der Waals surface area contributed by atoms with Gasteiger partial charge in [-0.05, 0) is 130 Å². The zero-order chi connectivity index (χ0) is 79.6. The monoisotopic (exact) mass is 1530 g/mol. The third-order valence-electron chi connectivity index (χ3n) is 23.2. The highest BCUT2D eigenvalue weighted by Gasteiger charge is 2.51. The van der Waals surface area contributed by atoms with Crippen LogP contribution in [0.3, 0.4) is 0 Å². The van der Waals surface area contributed by atoms with Gasteiger partial charge in [-0.1, -0.05) is 128 Å². The summed E-state index contributed by atoms with van der Waals surface area (Å²) in [5, 5.41) is 8.21. The zero-order valence-corrected chi connectivity index (χ0v) is 66.5. The third-order valence-corrected chi connectivity index (χ3v) is 23.5. The molecule has 8 atom stereocenters. The number of aryl methyl sites for hydroxylation is 1. The number of carbonyl (C=O) groups is 12. The maximum Gasteiger partial charge on any atom is 0.417 e. The Hall–Kier alpha value is -8.04. The van der Waals surface area contributed by atoms with Crippen LogP contribution in [-0.2, 0) is 76.6 Å². The van der Waals surface area contributed by atoms with Gasteiger partial charge >= 0.3 is 6.18 Å². The molecule has 29 heteroatoms. The van der Waals surface area contributed by atoms with Crippen LogP contribution in [0.5, 0.6) is 5.75 Å². The normalized spacial score (nSPS) is 25.3. The van der Waals surface area contributed by atoms with Gasteiger partial charge in [-0.15, -0.1) is 0 Å². The quantitative estimate of drug-likeness (QED) is 0.165. The van der Waals surface area contributed by atoms with Gasteiger partial charge in [-0.3, -0.25) is 57.5 Å². The second-order valence-corrected chi connectivity index (χ2v) is 31.9. The topological polar surface area (TPSA) is 279 Å². The number of benzene rings is 2. The van der Waals surface area contributed by atoms with E-state index in [4.69, 9.17) is 16.3 Å². The largest absolute Gasteiger partial charge is 0.497 e. The second-order valence-electron chi connectivity index (χ2n) is 31.5. The maximum absolute atomic E-state index is 16.1. The number of halogens is 4. The van der Waals surface area contributed by atoms with E-state index in [0.29, 0.717) is 69.3 Å². The average molecular weight is 1540 g/mol. The molecule has 1 spiro atoms. The minimum Gasteiger partial charge on any atom is -0.497 e. The number of amides is 12. The molecule has 2 aliphatic heterocycles. The van der Waals surface area contributed by atoms with E-state index in [1.807, 2.05) is 20.8 Å². The maximum atomic E-state index is 16.1. The summed E-state index contributed by atoms with van der Waals surface area (Å²) in [6.45, 7) is 6.30. The molecule has 2 saturated heterocycles. The van der Waals surface area contributed by atoms with Crippen LogP contribution in [0.4, 0.5) is 13.2 Å². The number of likely N-dealkylation sites (tertiary alicyclic amines) is 1. The number of piperidine rings is 1. The number of rotatable bonds is 14. The van der Waals surface area contributed by atoms with Crippen molar-refractivity contribution in [2.24, 2.45) is 23.7 Å². The molecule has 0 radical (unpaired) electrons. The van der Waals surface area contributed by atoms with Crippen molar-refractivity contribution in [2.75, 3.05) is 96.2 Å². The van der Waals surface area contributed by atoms with Gasteiger partial charge in [-0.2, -0.15) is 13.2 Å². The molecular formula is C79H118ClF3N12O13. The van der Waals surface area contributed by atoms with Gasteiger partial charge in [0.15, 0.2) is 0 Å². The number of carbonyl (C=O) groups excluding carboxylic acids is 12. The zero-order valence-electron chi connectivity index (χ0n) is 65.7. The lowest BCUT2D eigenvalue weighted by Gasteiger charge is -2.43. The van der Waals surface area contributed by atoms with Gasteiger partial charge in [0.05, 0.1) is 43.8 Å². The molecule has 3 aliphatic carbocycles. The van der Waals surface area contributed by atoms with E-state index >= 15 is 33.6 Å². The molecule has 12 amide bonds. The Bertz CT molecular complexity index is 3490. The smallest absolute Gasteiger partial charge is 0.417 e. The van der Waals surface area contributed by atoms with Crippen molar-refractivity contribution in [3.8, 4) is 5.75 Å². The molecule has 2 aromatic rings. The van der Waals surface area contributed by atoms with Crippen LogP contribution >= 0.6 is 11.6 Å². The van der Waals surface area contributed by atoms with Crippen LogP contribution in [-0.4, -0.2) is 259 Å². The van der Waals surface area contributed by atoms with Gasteiger partial charge in [0.2, 0.25) is 70.9 Å². The highest BCUT2D eigenvalue weighted by molar-refractivity contribution is 6.31. The fourth-order valence-corrected chi connectivity index (χ4v) is 16.4. The first-order chi connectivity index (χ1) is 51.0. The number of hydrogen-bond acceptors (Lipinski definition) is 13. The number of methoxy groups -OCH3 is 1. The predicted octanol–water partition coefficient (Wildman–Crippen LogP) is 7.51. The molecule has 0 bridgehead atoms. The summed E-state index contributed by atoms with van der Waals surface area (Å²) in [4.78, 5) is 193. The van der Waals surface area contributed by atoms with E-state index in [-0.39, 0.29) is 62.3 Å².